The second-order valence-electron chi connectivity index (χ2n) is 3.64. The Hall–Kier alpha value is -1.04. The van der Waals surface area contributed by atoms with Crippen LogP contribution in [0, 0.1) is 0 Å². The smallest absolute Gasteiger partial charge is 0.276 e. The summed E-state index contributed by atoms with van der Waals surface area (Å²) >= 11 is 1.52. The minimum Gasteiger partial charge on any atom is -0.414 e. The highest BCUT2D eigenvalue weighted by molar-refractivity contribution is 7.99. The van der Waals surface area contributed by atoms with Crippen molar-refractivity contribution in [3.63, 3.8) is 0 Å². The summed E-state index contributed by atoms with van der Waals surface area (Å²) in [6, 6.07) is 9.81. The van der Waals surface area contributed by atoms with Crippen molar-refractivity contribution in [1.29, 1.82) is 0 Å². The summed E-state index contributed by atoms with van der Waals surface area (Å²) in [6.45, 7) is 2.04. The van der Waals surface area contributed by atoms with Crippen molar-refractivity contribution in [2.45, 2.75) is 24.6 Å². The van der Waals surface area contributed by atoms with Gasteiger partial charge in [0.15, 0.2) is 0 Å². The molecule has 1 atom stereocenters. The second kappa shape index (κ2) is 7.41. The number of hydrogen-bond acceptors (Lipinski definition) is 5. The maximum absolute atomic E-state index is 6.03. The highest BCUT2D eigenvalue weighted by Crippen LogP contribution is 2.20. The van der Waals surface area contributed by atoms with Crippen molar-refractivity contribution in [3.8, 4) is 0 Å². The van der Waals surface area contributed by atoms with Crippen LogP contribution < -0.4 is 5.73 Å². The molecule has 1 aromatic carbocycles. The molecule has 0 amide bonds. The van der Waals surface area contributed by atoms with E-state index in [-0.39, 0.29) is 18.4 Å². The van der Waals surface area contributed by atoms with E-state index in [0.717, 1.165) is 5.75 Å². The van der Waals surface area contributed by atoms with Gasteiger partial charge in [-0.2, -0.15) is 0 Å². The Kier molecular flexibility index (Phi) is 6.18. The van der Waals surface area contributed by atoms with Crippen molar-refractivity contribution in [2.75, 3.05) is 5.75 Å². The molecule has 4 nitrogen and oxygen atoms in total. The number of rotatable bonds is 5. The van der Waals surface area contributed by atoms with Gasteiger partial charge in [0.05, 0.1) is 6.04 Å². The fraction of sp³-hybridized carbons (Fsp3) is 0.333. The van der Waals surface area contributed by atoms with Gasteiger partial charge in [0, 0.05) is 0 Å². The second-order valence-corrected chi connectivity index (χ2v) is 4.85. The van der Waals surface area contributed by atoms with Crippen molar-refractivity contribution in [1.82, 2.24) is 10.2 Å². The maximum Gasteiger partial charge on any atom is 0.276 e. The largest absolute Gasteiger partial charge is 0.414 e. The van der Waals surface area contributed by atoms with E-state index in [9.17, 15) is 0 Å². The fourth-order valence-electron chi connectivity index (χ4n) is 1.51. The van der Waals surface area contributed by atoms with Crippen LogP contribution in [0.15, 0.2) is 40.0 Å². The van der Waals surface area contributed by atoms with Crippen molar-refractivity contribution >= 4 is 24.2 Å². The van der Waals surface area contributed by atoms with Crippen LogP contribution >= 0.6 is 24.2 Å². The zero-order valence-corrected chi connectivity index (χ0v) is 11.7. The highest BCUT2D eigenvalue weighted by atomic mass is 35.5. The molecule has 2 aromatic rings. The lowest BCUT2D eigenvalue weighted by Crippen LogP contribution is -2.13. The van der Waals surface area contributed by atoms with Gasteiger partial charge in [-0.1, -0.05) is 49.0 Å². The van der Waals surface area contributed by atoms with Crippen LogP contribution in [0.4, 0.5) is 0 Å². The first-order valence-corrected chi connectivity index (χ1v) is 6.54. The molecule has 0 aliphatic heterocycles. The van der Waals surface area contributed by atoms with Crippen molar-refractivity contribution in [3.05, 3.63) is 41.8 Å². The molecule has 0 aliphatic carbocycles. The van der Waals surface area contributed by atoms with Crippen LogP contribution in [0.3, 0.4) is 0 Å². The third-order valence-corrected chi connectivity index (χ3v) is 3.01. The van der Waals surface area contributed by atoms with E-state index >= 15 is 0 Å². The van der Waals surface area contributed by atoms with E-state index in [1.165, 1.54) is 17.3 Å². The number of nitrogens with zero attached hydrogens (tertiary/aromatic N) is 2. The molecule has 1 unspecified atom stereocenters. The molecule has 0 saturated heterocycles. The Morgan fingerprint density at radius 3 is 2.67 bits per heavy atom. The molecule has 98 valence electrons. The molecule has 2 rings (SSSR count). The average Bonchev–Trinajstić information content (AvgIpc) is 2.79. The third-order valence-electron chi connectivity index (χ3n) is 2.31. The number of benzene rings is 1. The van der Waals surface area contributed by atoms with E-state index in [4.69, 9.17) is 10.2 Å². The van der Waals surface area contributed by atoms with Crippen LogP contribution in [-0.4, -0.2) is 16.0 Å². The summed E-state index contributed by atoms with van der Waals surface area (Å²) in [5.74, 6) is 1.42. The van der Waals surface area contributed by atoms with Gasteiger partial charge in [0.1, 0.15) is 0 Å². The minimum absolute atomic E-state index is 0. The molecule has 0 saturated carbocycles. The lowest BCUT2D eigenvalue weighted by atomic mass is 10.1. The van der Waals surface area contributed by atoms with E-state index < -0.39 is 0 Å². The Bertz CT molecular complexity index is 463. The van der Waals surface area contributed by atoms with Gasteiger partial charge in [0.2, 0.25) is 5.89 Å². The summed E-state index contributed by atoms with van der Waals surface area (Å²) in [7, 11) is 0. The van der Waals surface area contributed by atoms with Crippen LogP contribution in [0.25, 0.3) is 0 Å². The first-order valence-electron chi connectivity index (χ1n) is 5.55. The summed E-state index contributed by atoms with van der Waals surface area (Å²) in [5.41, 5.74) is 7.20. The Balaban J connectivity index is 0.00000162. The molecular formula is C12H16ClN3OS. The number of halogens is 1. The van der Waals surface area contributed by atoms with Gasteiger partial charge >= 0.3 is 0 Å². The monoisotopic (exact) mass is 285 g/mol. The summed E-state index contributed by atoms with van der Waals surface area (Å²) < 4.78 is 5.47. The Labute approximate surface area is 117 Å². The molecule has 18 heavy (non-hydrogen) atoms. The van der Waals surface area contributed by atoms with Gasteiger partial charge < -0.3 is 10.2 Å². The summed E-state index contributed by atoms with van der Waals surface area (Å²) in [5, 5.41) is 8.49. The normalized spacial score (nSPS) is 11.9. The molecule has 0 aliphatic rings. The van der Waals surface area contributed by atoms with Crippen molar-refractivity contribution < 1.29 is 4.42 Å². The number of hydrogen-bond donors (Lipinski definition) is 1. The van der Waals surface area contributed by atoms with Crippen LogP contribution in [0.5, 0.6) is 0 Å². The molecule has 0 radical (unpaired) electrons. The van der Waals surface area contributed by atoms with E-state index in [2.05, 4.69) is 10.2 Å². The minimum atomic E-state index is -0.240. The van der Waals surface area contributed by atoms with Crippen LogP contribution in [-0.2, 0) is 6.42 Å². The summed E-state index contributed by atoms with van der Waals surface area (Å²) in [6.07, 6.45) is 0.708. The number of aromatic nitrogens is 2. The van der Waals surface area contributed by atoms with Gasteiger partial charge in [-0.25, -0.2) is 0 Å². The predicted molar refractivity (Wildman–Crippen MR) is 75.0 cm³/mol. The Morgan fingerprint density at radius 2 is 2.00 bits per heavy atom. The zero-order valence-electron chi connectivity index (χ0n) is 10.1. The molecule has 6 heteroatoms. The topological polar surface area (TPSA) is 64.9 Å². The number of nitrogens with two attached hydrogens (primary N) is 1. The number of thioether (sulfide) groups is 1. The van der Waals surface area contributed by atoms with Gasteiger partial charge in [-0.15, -0.1) is 22.6 Å². The fourth-order valence-corrected chi connectivity index (χ4v) is 2.00. The molecule has 0 spiro atoms. The Morgan fingerprint density at radius 1 is 1.28 bits per heavy atom. The molecule has 0 bridgehead atoms. The summed E-state index contributed by atoms with van der Waals surface area (Å²) in [4.78, 5) is 0. The van der Waals surface area contributed by atoms with E-state index in [1.54, 1.807) is 0 Å². The molecule has 1 aromatic heterocycles. The van der Waals surface area contributed by atoms with Crippen LogP contribution in [0.2, 0.25) is 0 Å². The van der Waals surface area contributed by atoms with Gasteiger partial charge in [0.25, 0.3) is 5.22 Å². The first-order chi connectivity index (χ1) is 8.29. The first kappa shape index (κ1) is 15.0. The van der Waals surface area contributed by atoms with Gasteiger partial charge in [-0.05, 0) is 17.7 Å². The molecule has 0 fully saturated rings. The van der Waals surface area contributed by atoms with Crippen molar-refractivity contribution in [2.24, 2.45) is 5.73 Å². The third kappa shape index (κ3) is 4.01. The van der Waals surface area contributed by atoms with E-state index in [0.29, 0.717) is 17.5 Å². The molecular weight excluding hydrogens is 270 g/mol. The highest BCUT2D eigenvalue weighted by Gasteiger charge is 2.14. The lowest BCUT2D eigenvalue weighted by molar-refractivity contribution is 0.385. The molecule has 1 heterocycles. The SMILES string of the molecule is CCSc1nnc(C(N)Cc2ccccc2)o1.Cl. The standard InChI is InChI=1S/C12H15N3OS.ClH/c1-2-17-12-15-14-11(16-12)10(13)8-9-6-4-3-5-7-9;/h3-7,10H,2,8,13H2,1H3;1H. The average molecular weight is 286 g/mol. The zero-order chi connectivity index (χ0) is 12.1. The van der Waals surface area contributed by atoms with E-state index in [1.807, 2.05) is 37.3 Å². The van der Waals surface area contributed by atoms with Crippen LogP contribution in [0.1, 0.15) is 24.4 Å². The molecule has 2 N–H and O–H groups in total. The van der Waals surface area contributed by atoms with Gasteiger partial charge in [-0.3, -0.25) is 0 Å². The lowest BCUT2D eigenvalue weighted by Gasteiger charge is -2.06. The quantitative estimate of drug-likeness (QED) is 0.856. The maximum atomic E-state index is 6.03. The predicted octanol–water partition coefficient (Wildman–Crippen LogP) is 2.85.